The number of rotatable bonds is 4. The molecule has 5 nitrogen and oxygen atoms in total. The van der Waals surface area contributed by atoms with E-state index in [1.54, 1.807) is 45.0 Å². The molecule has 1 amide bonds. The zero-order valence-corrected chi connectivity index (χ0v) is 11.6. The number of anilines is 1. The zero-order valence-electron chi connectivity index (χ0n) is 11.6. The Hall–Kier alpha value is -1.59. The lowest BCUT2D eigenvalue weighted by Crippen LogP contribution is -2.27. The molecule has 4 N–H and O–H groups in total. The molecule has 5 heteroatoms. The van der Waals surface area contributed by atoms with Gasteiger partial charge in [0, 0.05) is 5.69 Å². The molecule has 1 rings (SSSR count). The van der Waals surface area contributed by atoms with E-state index in [1.807, 2.05) is 0 Å². The minimum Gasteiger partial charge on any atom is -0.444 e. The maximum atomic E-state index is 11.6. The van der Waals surface area contributed by atoms with E-state index in [1.165, 1.54) is 0 Å². The summed E-state index contributed by atoms with van der Waals surface area (Å²) in [4.78, 5) is 11.6. The van der Waals surface area contributed by atoms with Gasteiger partial charge in [-0.05, 0) is 51.4 Å². The molecule has 1 atom stereocenters. The largest absolute Gasteiger partial charge is 0.444 e. The van der Waals surface area contributed by atoms with E-state index < -0.39 is 17.8 Å². The Labute approximate surface area is 113 Å². The lowest BCUT2D eigenvalue weighted by Gasteiger charge is -2.19. The second-order valence-electron chi connectivity index (χ2n) is 5.34. The van der Waals surface area contributed by atoms with Crippen molar-refractivity contribution in [3.63, 3.8) is 0 Å². The molecule has 0 aliphatic carbocycles. The third kappa shape index (κ3) is 5.72. The van der Waals surface area contributed by atoms with Crippen molar-refractivity contribution in [1.82, 2.24) is 0 Å². The van der Waals surface area contributed by atoms with Gasteiger partial charge in [0.2, 0.25) is 0 Å². The molecular formula is C14H22N2O3. The van der Waals surface area contributed by atoms with Crippen molar-refractivity contribution in [2.75, 3.05) is 11.9 Å². The van der Waals surface area contributed by atoms with Crippen LogP contribution in [0.2, 0.25) is 0 Å². The average molecular weight is 266 g/mol. The number of carbonyl (C=O) groups is 1. The molecule has 0 aromatic heterocycles. The number of hydrogen-bond acceptors (Lipinski definition) is 4. The monoisotopic (exact) mass is 266 g/mol. The summed E-state index contributed by atoms with van der Waals surface area (Å²) in [6.45, 7) is 5.84. The van der Waals surface area contributed by atoms with E-state index in [0.29, 0.717) is 18.7 Å². The van der Waals surface area contributed by atoms with Crippen molar-refractivity contribution in [1.29, 1.82) is 0 Å². The number of aliphatic hydroxyl groups is 1. The molecule has 0 saturated heterocycles. The van der Waals surface area contributed by atoms with E-state index >= 15 is 0 Å². The zero-order chi connectivity index (χ0) is 14.5. The maximum Gasteiger partial charge on any atom is 0.412 e. The standard InChI is InChI=1S/C14H22N2O3/c1-14(2,3)19-13(18)16-11-6-4-10(5-7-11)12(17)8-9-15/h4-7,12,17H,8-9,15H2,1-3H3,(H,16,18)/t12-/m1/s1. The Kier molecular flexibility index (Phi) is 5.32. The van der Waals surface area contributed by atoms with E-state index in [-0.39, 0.29) is 0 Å². The Morgan fingerprint density at radius 2 is 1.95 bits per heavy atom. The van der Waals surface area contributed by atoms with Crippen molar-refractivity contribution >= 4 is 11.8 Å². The van der Waals surface area contributed by atoms with Crippen LogP contribution in [-0.4, -0.2) is 23.3 Å². The van der Waals surface area contributed by atoms with Crippen molar-refractivity contribution in [2.24, 2.45) is 5.73 Å². The van der Waals surface area contributed by atoms with Crippen LogP contribution in [0.1, 0.15) is 38.9 Å². The smallest absolute Gasteiger partial charge is 0.412 e. The molecule has 1 aromatic carbocycles. The molecule has 0 radical (unpaired) electrons. The van der Waals surface area contributed by atoms with Gasteiger partial charge in [0.1, 0.15) is 5.60 Å². The predicted molar refractivity (Wildman–Crippen MR) is 74.9 cm³/mol. The lowest BCUT2D eigenvalue weighted by atomic mass is 10.1. The summed E-state index contributed by atoms with van der Waals surface area (Å²) in [5, 5.41) is 12.4. The van der Waals surface area contributed by atoms with E-state index in [2.05, 4.69) is 5.32 Å². The van der Waals surface area contributed by atoms with Crippen LogP contribution in [0.3, 0.4) is 0 Å². The van der Waals surface area contributed by atoms with Crippen LogP contribution in [0.4, 0.5) is 10.5 Å². The molecule has 0 saturated carbocycles. The van der Waals surface area contributed by atoms with E-state index in [0.717, 1.165) is 5.56 Å². The molecule has 0 aliphatic heterocycles. The van der Waals surface area contributed by atoms with Crippen molar-refractivity contribution in [3.05, 3.63) is 29.8 Å². The number of hydrogen-bond donors (Lipinski definition) is 3. The van der Waals surface area contributed by atoms with Crippen molar-refractivity contribution in [3.8, 4) is 0 Å². The molecule has 0 bridgehead atoms. The molecule has 106 valence electrons. The van der Waals surface area contributed by atoms with Gasteiger partial charge >= 0.3 is 6.09 Å². The highest BCUT2D eigenvalue weighted by molar-refractivity contribution is 5.84. The van der Waals surface area contributed by atoms with Crippen molar-refractivity contribution in [2.45, 2.75) is 38.9 Å². The Morgan fingerprint density at radius 3 is 2.42 bits per heavy atom. The van der Waals surface area contributed by atoms with Gasteiger partial charge in [0.05, 0.1) is 6.10 Å². The van der Waals surface area contributed by atoms with Crippen LogP contribution in [0.5, 0.6) is 0 Å². The highest BCUT2D eigenvalue weighted by Gasteiger charge is 2.16. The van der Waals surface area contributed by atoms with Gasteiger partial charge in [-0.2, -0.15) is 0 Å². The van der Waals surface area contributed by atoms with Gasteiger partial charge in [-0.15, -0.1) is 0 Å². The predicted octanol–water partition coefficient (Wildman–Crippen LogP) is 2.42. The van der Waals surface area contributed by atoms with Gasteiger partial charge in [0.25, 0.3) is 0 Å². The summed E-state index contributed by atoms with van der Waals surface area (Å²) in [5.41, 5.74) is 6.26. The van der Waals surface area contributed by atoms with Crippen LogP contribution < -0.4 is 11.1 Å². The summed E-state index contributed by atoms with van der Waals surface area (Å²) in [7, 11) is 0. The first-order valence-electron chi connectivity index (χ1n) is 6.30. The second kappa shape index (κ2) is 6.54. The molecule has 0 unspecified atom stereocenters. The van der Waals surface area contributed by atoms with Crippen molar-refractivity contribution < 1.29 is 14.6 Å². The first kappa shape index (κ1) is 15.5. The highest BCUT2D eigenvalue weighted by Crippen LogP contribution is 2.19. The number of benzene rings is 1. The van der Waals surface area contributed by atoms with Crippen LogP contribution in [0, 0.1) is 0 Å². The maximum absolute atomic E-state index is 11.6. The topological polar surface area (TPSA) is 84.6 Å². The molecule has 0 heterocycles. The lowest BCUT2D eigenvalue weighted by molar-refractivity contribution is 0.0636. The minimum absolute atomic E-state index is 0.430. The van der Waals surface area contributed by atoms with Gasteiger partial charge < -0.3 is 15.6 Å². The number of nitrogens with two attached hydrogens (primary N) is 1. The second-order valence-corrected chi connectivity index (χ2v) is 5.34. The normalized spacial score (nSPS) is 12.9. The van der Waals surface area contributed by atoms with Crippen LogP contribution in [-0.2, 0) is 4.74 Å². The fraction of sp³-hybridized carbons (Fsp3) is 0.500. The number of carbonyl (C=O) groups excluding carboxylic acids is 1. The highest BCUT2D eigenvalue weighted by atomic mass is 16.6. The molecule has 0 spiro atoms. The van der Waals surface area contributed by atoms with E-state index in [4.69, 9.17) is 10.5 Å². The fourth-order valence-electron chi connectivity index (χ4n) is 1.53. The number of aliphatic hydroxyl groups excluding tert-OH is 1. The Morgan fingerprint density at radius 1 is 1.37 bits per heavy atom. The summed E-state index contributed by atoms with van der Waals surface area (Å²) in [6.07, 6.45) is -0.554. The first-order chi connectivity index (χ1) is 8.81. The molecule has 0 fully saturated rings. The third-order valence-corrected chi connectivity index (χ3v) is 2.38. The van der Waals surface area contributed by atoms with Gasteiger partial charge in [-0.1, -0.05) is 12.1 Å². The van der Waals surface area contributed by atoms with Crippen LogP contribution >= 0.6 is 0 Å². The number of amides is 1. The molecular weight excluding hydrogens is 244 g/mol. The molecule has 1 aromatic rings. The van der Waals surface area contributed by atoms with Gasteiger partial charge in [-0.3, -0.25) is 5.32 Å². The third-order valence-electron chi connectivity index (χ3n) is 2.38. The average Bonchev–Trinajstić information content (AvgIpc) is 2.27. The minimum atomic E-state index is -0.569. The molecule has 19 heavy (non-hydrogen) atoms. The van der Waals surface area contributed by atoms with E-state index in [9.17, 15) is 9.90 Å². The number of ether oxygens (including phenoxy) is 1. The van der Waals surface area contributed by atoms with Gasteiger partial charge in [0.15, 0.2) is 0 Å². The summed E-state index contributed by atoms with van der Waals surface area (Å²) < 4.78 is 5.14. The summed E-state index contributed by atoms with van der Waals surface area (Å²) in [6, 6.07) is 6.96. The summed E-state index contributed by atoms with van der Waals surface area (Å²) >= 11 is 0. The first-order valence-corrected chi connectivity index (χ1v) is 6.30. The van der Waals surface area contributed by atoms with Gasteiger partial charge in [-0.25, -0.2) is 4.79 Å². The van der Waals surface area contributed by atoms with Crippen LogP contribution in [0.15, 0.2) is 24.3 Å². The van der Waals surface area contributed by atoms with Crippen LogP contribution in [0.25, 0.3) is 0 Å². The fourth-order valence-corrected chi connectivity index (χ4v) is 1.53. The quantitative estimate of drug-likeness (QED) is 0.781. The Balaban J connectivity index is 2.59. The molecule has 0 aliphatic rings. The SMILES string of the molecule is CC(C)(C)OC(=O)Nc1ccc([C@H](O)CCN)cc1. The number of nitrogens with one attached hydrogen (secondary N) is 1. The Bertz CT molecular complexity index is 410. The summed E-state index contributed by atoms with van der Waals surface area (Å²) in [5.74, 6) is 0.